The van der Waals surface area contributed by atoms with Crippen molar-refractivity contribution < 1.29 is 0 Å². The fraction of sp³-hybridized carbons (Fsp3) is 0.714. The molecule has 1 aliphatic carbocycles. The molecule has 0 aromatic rings. The van der Waals surface area contributed by atoms with E-state index in [-0.39, 0.29) is 9.75 Å². The van der Waals surface area contributed by atoms with Crippen LogP contribution in [0.1, 0.15) is 20.8 Å². The third-order valence-electron chi connectivity index (χ3n) is 2.15. The molecule has 1 rings (SSSR count). The van der Waals surface area contributed by atoms with Crippen molar-refractivity contribution in [3.63, 3.8) is 0 Å². The molecule has 0 saturated carbocycles. The fourth-order valence-electron chi connectivity index (χ4n) is 0.985. The summed E-state index contributed by atoms with van der Waals surface area (Å²) in [5.41, 5.74) is 1.17. The van der Waals surface area contributed by atoms with Gasteiger partial charge in [-0.2, -0.15) is 0 Å². The zero-order chi connectivity index (χ0) is 7.28. The number of rotatable bonds is 0. The summed E-state index contributed by atoms with van der Waals surface area (Å²) in [4.78, 5) is -0.660. The molecule has 0 aromatic carbocycles. The summed E-state index contributed by atoms with van der Waals surface area (Å²) >= 11 is 12.0. The van der Waals surface area contributed by atoms with E-state index in [9.17, 15) is 0 Å². The van der Waals surface area contributed by atoms with Crippen molar-refractivity contribution in [1.29, 1.82) is 0 Å². The molecule has 2 heteroatoms. The van der Waals surface area contributed by atoms with E-state index in [0.29, 0.717) is 0 Å². The number of halogens is 2. The normalized spacial score (nSPS) is 50.1. The van der Waals surface area contributed by atoms with Crippen LogP contribution in [-0.4, -0.2) is 9.75 Å². The number of allylic oxidation sites excluding steroid dienone is 2. The van der Waals surface area contributed by atoms with E-state index in [1.807, 2.05) is 26.8 Å². The Labute approximate surface area is 65.8 Å². The largest absolute Gasteiger partial charge is 0.113 e. The first kappa shape index (κ1) is 7.43. The van der Waals surface area contributed by atoms with Gasteiger partial charge in [0.15, 0.2) is 0 Å². The second-order valence-corrected chi connectivity index (χ2v) is 4.45. The lowest BCUT2D eigenvalue weighted by Crippen LogP contribution is -2.48. The maximum absolute atomic E-state index is 6.05. The van der Waals surface area contributed by atoms with Crippen molar-refractivity contribution in [2.24, 2.45) is 0 Å². The van der Waals surface area contributed by atoms with Crippen LogP contribution in [0.5, 0.6) is 0 Å². The van der Waals surface area contributed by atoms with Gasteiger partial charge in [-0.1, -0.05) is 11.6 Å². The Morgan fingerprint density at radius 1 is 1.33 bits per heavy atom. The SMILES string of the molecule is CC1=C[C@](C)(Cl)[C@@]1(C)Cl. The van der Waals surface area contributed by atoms with Gasteiger partial charge in [-0.3, -0.25) is 0 Å². The third-order valence-corrected chi connectivity index (χ3v) is 3.42. The van der Waals surface area contributed by atoms with Gasteiger partial charge in [0, 0.05) is 0 Å². The summed E-state index contributed by atoms with van der Waals surface area (Å²) in [5, 5.41) is 0. The number of hydrogen-bond acceptors (Lipinski definition) is 0. The molecule has 0 nitrogen and oxygen atoms in total. The highest BCUT2D eigenvalue weighted by molar-refractivity contribution is 6.38. The molecule has 0 saturated heterocycles. The lowest BCUT2D eigenvalue weighted by Gasteiger charge is -2.44. The van der Waals surface area contributed by atoms with E-state index >= 15 is 0 Å². The van der Waals surface area contributed by atoms with Crippen LogP contribution in [0.25, 0.3) is 0 Å². The van der Waals surface area contributed by atoms with Gasteiger partial charge in [-0.15, -0.1) is 23.2 Å². The van der Waals surface area contributed by atoms with Crippen LogP contribution < -0.4 is 0 Å². The highest BCUT2D eigenvalue weighted by Crippen LogP contribution is 2.50. The van der Waals surface area contributed by atoms with Gasteiger partial charge in [-0.05, 0) is 20.8 Å². The maximum Gasteiger partial charge on any atom is 0.0848 e. The first-order chi connectivity index (χ1) is 3.88. The third kappa shape index (κ3) is 0.805. The van der Waals surface area contributed by atoms with Gasteiger partial charge in [-0.25, -0.2) is 0 Å². The highest BCUT2D eigenvalue weighted by atomic mass is 35.5. The Bertz CT molecular complexity index is 166. The van der Waals surface area contributed by atoms with Crippen molar-refractivity contribution in [2.75, 3.05) is 0 Å². The van der Waals surface area contributed by atoms with Gasteiger partial charge in [0.25, 0.3) is 0 Å². The predicted octanol–water partition coefficient (Wildman–Crippen LogP) is 2.94. The first-order valence-electron chi connectivity index (χ1n) is 2.96. The van der Waals surface area contributed by atoms with Crippen LogP contribution in [0.2, 0.25) is 0 Å². The van der Waals surface area contributed by atoms with Crippen LogP contribution in [0.3, 0.4) is 0 Å². The minimum atomic E-state index is -0.335. The fourth-order valence-corrected chi connectivity index (χ4v) is 1.41. The lowest BCUT2D eigenvalue weighted by atomic mass is 9.76. The van der Waals surface area contributed by atoms with Gasteiger partial charge in [0.2, 0.25) is 0 Å². The zero-order valence-corrected chi connectivity index (χ0v) is 7.35. The highest BCUT2D eigenvalue weighted by Gasteiger charge is 2.49. The lowest BCUT2D eigenvalue weighted by molar-refractivity contribution is 0.536. The minimum absolute atomic E-state index is 0.325. The minimum Gasteiger partial charge on any atom is -0.113 e. The van der Waals surface area contributed by atoms with Gasteiger partial charge >= 0.3 is 0 Å². The van der Waals surface area contributed by atoms with Gasteiger partial charge in [0.1, 0.15) is 0 Å². The van der Waals surface area contributed by atoms with Crippen molar-refractivity contribution in [1.82, 2.24) is 0 Å². The average molecular weight is 165 g/mol. The van der Waals surface area contributed by atoms with Crippen LogP contribution in [0.4, 0.5) is 0 Å². The van der Waals surface area contributed by atoms with E-state index in [0.717, 1.165) is 0 Å². The number of hydrogen-bond donors (Lipinski definition) is 0. The van der Waals surface area contributed by atoms with Gasteiger partial charge < -0.3 is 0 Å². The zero-order valence-electron chi connectivity index (χ0n) is 5.83. The molecule has 0 N–H and O–H groups in total. The molecule has 0 radical (unpaired) electrons. The first-order valence-corrected chi connectivity index (χ1v) is 3.71. The summed E-state index contributed by atoms with van der Waals surface area (Å²) in [6.07, 6.45) is 1.99. The van der Waals surface area contributed by atoms with Crippen LogP contribution >= 0.6 is 23.2 Å². The smallest absolute Gasteiger partial charge is 0.0848 e. The van der Waals surface area contributed by atoms with E-state index in [4.69, 9.17) is 23.2 Å². The average Bonchev–Trinajstić information content (AvgIpc) is 1.65. The molecule has 0 fully saturated rings. The van der Waals surface area contributed by atoms with E-state index in [2.05, 4.69) is 0 Å². The van der Waals surface area contributed by atoms with Gasteiger partial charge in [0.05, 0.1) is 9.75 Å². The monoisotopic (exact) mass is 164 g/mol. The Morgan fingerprint density at radius 2 is 1.78 bits per heavy atom. The molecule has 52 valence electrons. The van der Waals surface area contributed by atoms with Crippen LogP contribution in [0, 0.1) is 0 Å². The molecule has 0 aromatic heterocycles. The second kappa shape index (κ2) is 1.67. The standard InChI is InChI=1S/C7H10Cl2/c1-5-4-6(2,8)7(5,3)9/h4H,1-3H3/t6-,7-/m0/s1. The molecular weight excluding hydrogens is 155 g/mol. The molecule has 9 heavy (non-hydrogen) atoms. The van der Waals surface area contributed by atoms with E-state index < -0.39 is 0 Å². The molecule has 0 amide bonds. The quantitative estimate of drug-likeness (QED) is 0.382. The molecule has 0 heterocycles. The van der Waals surface area contributed by atoms with Crippen molar-refractivity contribution in [2.45, 2.75) is 30.5 Å². The summed E-state index contributed by atoms with van der Waals surface area (Å²) in [5.74, 6) is 0. The van der Waals surface area contributed by atoms with E-state index in [1.54, 1.807) is 0 Å². The van der Waals surface area contributed by atoms with Crippen molar-refractivity contribution in [3.8, 4) is 0 Å². The second-order valence-electron chi connectivity index (χ2n) is 2.91. The van der Waals surface area contributed by atoms with E-state index in [1.165, 1.54) is 5.57 Å². The topological polar surface area (TPSA) is 0 Å². The summed E-state index contributed by atoms with van der Waals surface area (Å²) < 4.78 is 0. The molecule has 0 spiro atoms. The maximum atomic E-state index is 6.05. The molecule has 2 atom stereocenters. The molecule has 1 aliphatic rings. The summed E-state index contributed by atoms with van der Waals surface area (Å²) in [6, 6.07) is 0. The molecular formula is C7H10Cl2. The van der Waals surface area contributed by atoms with Crippen LogP contribution in [0.15, 0.2) is 11.6 Å². The molecule has 0 unspecified atom stereocenters. The Kier molecular flexibility index (Phi) is 1.38. The summed E-state index contributed by atoms with van der Waals surface area (Å²) in [6.45, 7) is 5.86. The Hall–Kier alpha value is 0.320. The predicted molar refractivity (Wildman–Crippen MR) is 42.3 cm³/mol. The Morgan fingerprint density at radius 3 is 1.78 bits per heavy atom. The number of alkyl halides is 2. The Balaban J connectivity index is 2.94. The summed E-state index contributed by atoms with van der Waals surface area (Å²) in [7, 11) is 0. The van der Waals surface area contributed by atoms with Crippen molar-refractivity contribution in [3.05, 3.63) is 11.6 Å². The molecule has 0 aliphatic heterocycles. The van der Waals surface area contributed by atoms with Crippen LogP contribution in [-0.2, 0) is 0 Å². The molecule has 0 bridgehead atoms. The van der Waals surface area contributed by atoms with Crippen molar-refractivity contribution >= 4 is 23.2 Å².